The highest BCUT2D eigenvalue weighted by molar-refractivity contribution is 5.23. The van der Waals surface area contributed by atoms with Crippen molar-refractivity contribution in [1.29, 1.82) is 0 Å². The van der Waals surface area contributed by atoms with E-state index in [-0.39, 0.29) is 0 Å². The lowest BCUT2D eigenvalue weighted by Crippen LogP contribution is -2.16. The molecule has 1 fully saturated rings. The molecule has 0 heterocycles. The lowest BCUT2D eigenvalue weighted by atomic mass is 9.77. The third-order valence-corrected chi connectivity index (χ3v) is 5.14. The van der Waals surface area contributed by atoms with Crippen molar-refractivity contribution in [2.24, 2.45) is 5.41 Å². The molecule has 1 saturated carbocycles. The van der Waals surface area contributed by atoms with Gasteiger partial charge in [0.15, 0.2) is 0 Å². The van der Waals surface area contributed by atoms with Gasteiger partial charge < -0.3 is 0 Å². The summed E-state index contributed by atoms with van der Waals surface area (Å²) in [5, 5.41) is 0. The van der Waals surface area contributed by atoms with E-state index in [0.717, 1.165) is 0 Å². The zero-order valence-electron chi connectivity index (χ0n) is 13.6. The van der Waals surface area contributed by atoms with E-state index >= 15 is 0 Å². The maximum atomic E-state index is 2.53. The molecule has 20 heavy (non-hydrogen) atoms. The lowest BCUT2D eigenvalue weighted by Gasteiger charge is -2.28. The summed E-state index contributed by atoms with van der Waals surface area (Å²) in [6, 6.07) is 9.34. The van der Waals surface area contributed by atoms with E-state index < -0.39 is 0 Å². The van der Waals surface area contributed by atoms with E-state index in [1.54, 1.807) is 5.56 Å². The summed E-state index contributed by atoms with van der Waals surface area (Å²) in [5.41, 5.74) is 3.70. The Hall–Kier alpha value is -0.780. The summed E-state index contributed by atoms with van der Waals surface area (Å²) in [6.45, 7) is 4.80. The third-order valence-electron chi connectivity index (χ3n) is 5.14. The molecule has 2 rings (SSSR count). The summed E-state index contributed by atoms with van der Waals surface area (Å²) in [5.74, 6) is 0. The summed E-state index contributed by atoms with van der Waals surface area (Å²) in [7, 11) is 0. The Morgan fingerprint density at radius 3 is 2.25 bits per heavy atom. The minimum absolute atomic E-state index is 0.607. The maximum absolute atomic E-state index is 2.53. The maximum Gasteiger partial charge on any atom is -0.0274 e. The van der Waals surface area contributed by atoms with Crippen LogP contribution in [0.3, 0.4) is 0 Å². The molecule has 1 aliphatic carbocycles. The molecule has 0 amide bonds. The van der Waals surface area contributed by atoms with Crippen LogP contribution in [0.5, 0.6) is 0 Å². The van der Waals surface area contributed by atoms with Crippen LogP contribution in [0.1, 0.15) is 82.8 Å². The molecular weight excluding hydrogens is 240 g/mol. The van der Waals surface area contributed by atoms with Gasteiger partial charge in [0.05, 0.1) is 0 Å². The molecule has 0 bridgehead atoms. The Morgan fingerprint density at radius 2 is 1.60 bits per heavy atom. The Balaban J connectivity index is 1.89. The molecule has 0 aliphatic heterocycles. The number of hydrogen-bond acceptors (Lipinski definition) is 0. The predicted octanol–water partition coefficient (Wildman–Crippen LogP) is 6.32. The van der Waals surface area contributed by atoms with Crippen molar-refractivity contribution in [3.8, 4) is 0 Å². The molecule has 0 N–H and O–H groups in total. The van der Waals surface area contributed by atoms with Crippen molar-refractivity contribution in [3.05, 3.63) is 35.4 Å². The highest BCUT2D eigenvalue weighted by atomic mass is 14.3. The number of hydrogen-bond donors (Lipinski definition) is 0. The van der Waals surface area contributed by atoms with Gasteiger partial charge in [0, 0.05) is 0 Å². The fourth-order valence-electron chi connectivity index (χ4n) is 3.60. The first-order valence-electron chi connectivity index (χ1n) is 8.80. The Morgan fingerprint density at radius 1 is 0.950 bits per heavy atom. The highest BCUT2D eigenvalue weighted by Crippen LogP contribution is 2.38. The molecule has 1 aromatic carbocycles. The smallest absolute Gasteiger partial charge is 0.0274 e. The molecular formula is C20H32. The number of unbranched alkanes of at least 4 members (excludes halogenated alkanes) is 1. The summed E-state index contributed by atoms with van der Waals surface area (Å²) in [4.78, 5) is 0. The van der Waals surface area contributed by atoms with Crippen molar-refractivity contribution in [1.82, 2.24) is 0 Å². The van der Waals surface area contributed by atoms with E-state index in [9.17, 15) is 0 Å². The summed E-state index contributed by atoms with van der Waals surface area (Å²) >= 11 is 0. The fourth-order valence-corrected chi connectivity index (χ4v) is 3.60. The topological polar surface area (TPSA) is 0 Å². The second-order valence-electron chi connectivity index (χ2n) is 7.15. The van der Waals surface area contributed by atoms with Crippen molar-refractivity contribution in [3.63, 3.8) is 0 Å². The predicted molar refractivity (Wildman–Crippen MR) is 89.2 cm³/mol. The van der Waals surface area contributed by atoms with Crippen LogP contribution >= 0.6 is 0 Å². The molecule has 0 atom stereocenters. The minimum atomic E-state index is 0.607. The van der Waals surface area contributed by atoms with Crippen molar-refractivity contribution in [2.75, 3.05) is 0 Å². The largest absolute Gasteiger partial charge is 0.0654 e. The fraction of sp³-hybridized carbons (Fsp3) is 0.700. The summed E-state index contributed by atoms with van der Waals surface area (Å²) < 4.78 is 0. The van der Waals surface area contributed by atoms with Crippen LogP contribution in [0, 0.1) is 5.41 Å². The number of rotatable bonds is 6. The van der Waals surface area contributed by atoms with Gasteiger partial charge in [0.2, 0.25) is 0 Å². The monoisotopic (exact) mass is 272 g/mol. The van der Waals surface area contributed by atoms with E-state index in [1.807, 2.05) is 0 Å². The van der Waals surface area contributed by atoms with Crippen LogP contribution in [-0.4, -0.2) is 0 Å². The van der Waals surface area contributed by atoms with Gasteiger partial charge in [-0.15, -0.1) is 0 Å². The van der Waals surface area contributed by atoms with Gasteiger partial charge in [-0.05, 0) is 55.1 Å². The molecule has 1 aromatic rings. The van der Waals surface area contributed by atoms with E-state index in [0.29, 0.717) is 5.41 Å². The first kappa shape index (κ1) is 15.6. The average molecular weight is 272 g/mol. The van der Waals surface area contributed by atoms with Crippen LogP contribution in [-0.2, 0) is 12.8 Å². The highest BCUT2D eigenvalue weighted by Gasteiger charge is 2.24. The van der Waals surface area contributed by atoms with Gasteiger partial charge in [0.1, 0.15) is 0 Å². The van der Waals surface area contributed by atoms with Gasteiger partial charge in [-0.3, -0.25) is 0 Å². The van der Waals surface area contributed by atoms with Crippen molar-refractivity contribution >= 4 is 0 Å². The zero-order valence-corrected chi connectivity index (χ0v) is 13.6. The van der Waals surface area contributed by atoms with Crippen molar-refractivity contribution in [2.45, 2.75) is 84.5 Å². The van der Waals surface area contributed by atoms with Crippen LogP contribution in [0.4, 0.5) is 0 Å². The zero-order chi connectivity index (χ0) is 14.3. The molecule has 0 heteroatoms. The second-order valence-corrected chi connectivity index (χ2v) is 7.15. The Kier molecular flexibility index (Phi) is 6.13. The molecule has 0 spiro atoms. The molecule has 0 unspecified atom stereocenters. The van der Waals surface area contributed by atoms with E-state index in [1.165, 1.54) is 76.2 Å². The number of benzene rings is 1. The van der Waals surface area contributed by atoms with Crippen LogP contribution in [0.25, 0.3) is 0 Å². The van der Waals surface area contributed by atoms with Gasteiger partial charge in [0.25, 0.3) is 0 Å². The molecule has 0 nitrogen and oxygen atoms in total. The first-order chi connectivity index (χ1) is 9.72. The minimum Gasteiger partial charge on any atom is -0.0654 e. The molecule has 0 aromatic heterocycles. The van der Waals surface area contributed by atoms with Crippen molar-refractivity contribution < 1.29 is 0 Å². The number of aryl methyl sites for hydroxylation is 2. The standard InChI is InChI=1S/C20H32/c1-3-4-10-18-11-9-12-19(17-18)13-16-20(2)14-7-5-6-8-15-20/h9,11-12,17H,3-8,10,13-16H2,1-2H3. The lowest BCUT2D eigenvalue weighted by molar-refractivity contribution is 0.255. The summed E-state index contributed by atoms with van der Waals surface area (Å²) in [6.07, 6.45) is 15.2. The van der Waals surface area contributed by atoms with Crippen LogP contribution in [0.2, 0.25) is 0 Å². The van der Waals surface area contributed by atoms with Crippen LogP contribution in [0.15, 0.2) is 24.3 Å². The molecule has 0 radical (unpaired) electrons. The van der Waals surface area contributed by atoms with E-state index in [4.69, 9.17) is 0 Å². The molecule has 1 aliphatic rings. The van der Waals surface area contributed by atoms with Gasteiger partial charge in [-0.1, -0.05) is 70.2 Å². The first-order valence-corrected chi connectivity index (χ1v) is 8.80. The Labute approximate surface area is 126 Å². The van der Waals surface area contributed by atoms with Gasteiger partial charge in [-0.25, -0.2) is 0 Å². The normalized spacial score (nSPS) is 18.7. The van der Waals surface area contributed by atoms with Crippen LogP contribution < -0.4 is 0 Å². The molecule has 0 saturated heterocycles. The SMILES string of the molecule is CCCCc1cccc(CCC2(C)CCCCCC2)c1. The van der Waals surface area contributed by atoms with Gasteiger partial charge >= 0.3 is 0 Å². The second kappa shape index (κ2) is 7.86. The third kappa shape index (κ3) is 4.96. The van der Waals surface area contributed by atoms with Gasteiger partial charge in [-0.2, -0.15) is 0 Å². The molecule has 112 valence electrons. The Bertz CT molecular complexity index is 383. The average Bonchev–Trinajstić information content (AvgIpc) is 2.69. The quantitative estimate of drug-likeness (QED) is 0.531. The van der Waals surface area contributed by atoms with E-state index in [2.05, 4.69) is 38.1 Å².